The third kappa shape index (κ3) is 3.54. The number of methoxy groups -OCH3 is 1. The smallest absolute Gasteiger partial charge is 0.214 e. The fourth-order valence-corrected chi connectivity index (χ4v) is 3.61. The molecule has 0 amide bonds. The van der Waals surface area contributed by atoms with Crippen LogP contribution in [0.3, 0.4) is 0 Å². The molecule has 1 heterocycles. The zero-order valence-electron chi connectivity index (χ0n) is 9.59. The maximum atomic E-state index is 11.9. The van der Waals surface area contributed by atoms with Crippen LogP contribution in [0.25, 0.3) is 0 Å². The van der Waals surface area contributed by atoms with E-state index >= 15 is 0 Å². The Kier molecular flexibility index (Phi) is 5.37. The van der Waals surface area contributed by atoms with E-state index in [4.69, 9.17) is 4.74 Å². The molecule has 0 N–H and O–H groups in total. The van der Waals surface area contributed by atoms with Gasteiger partial charge in [-0.15, -0.1) is 0 Å². The topological polar surface area (TPSA) is 63.7 Å². The lowest BCUT2D eigenvalue weighted by atomic mass is 10.1. The number of nitrogens with zero attached hydrogens (tertiary/aromatic N) is 1. The Morgan fingerprint density at radius 2 is 2.19 bits per heavy atom. The predicted molar refractivity (Wildman–Crippen MR) is 60.7 cm³/mol. The molecule has 0 spiro atoms. The molecule has 0 aromatic carbocycles. The molecule has 0 aromatic rings. The van der Waals surface area contributed by atoms with Crippen molar-refractivity contribution in [1.29, 1.82) is 0 Å². The molecule has 0 aromatic heterocycles. The number of piperidine rings is 1. The minimum Gasteiger partial charge on any atom is -0.385 e. The summed E-state index contributed by atoms with van der Waals surface area (Å²) in [7, 11) is -1.75. The Labute approximate surface area is 96.8 Å². The Bertz CT molecular complexity index is 315. The number of sulfonamides is 1. The summed E-state index contributed by atoms with van der Waals surface area (Å²) in [6.07, 6.45) is 3.63. The van der Waals surface area contributed by atoms with E-state index in [1.165, 1.54) is 4.31 Å². The zero-order chi connectivity index (χ0) is 12.0. The van der Waals surface area contributed by atoms with E-state index in [0.717, 1.165) is 19.1 Å². The molecule has 1 atom stereocenters. The predicted octanol–water partition coefficient (Wildman–Crippen LogP) is 0.406. The van der Waals surface area contributed by atoms with Gasteiger partial charge in [0, 0.05) is 20.3 Å². The molecule has 0 saturated carbocycles. The number of ether oxygens (including phenoxy) is 1. The maximum Gasteiger partial charge on any atom is 0.214 e. The lowest BCUT2D eigenvalue weighted by Gasteiger charge is -2.31. The molecule has 1 unspecified atom stereocenters. The molecule has 0 aliphatic carbocycles. The van der Waals surface area contributed by atoms with Gasteiger partial charge in [-0.2, -0.15) is 4.31 Å². The number of hydrogen-bond acceptors (Lipinski definition) is 4. The number of rotatable bonds is 6. The van der Waals surface area contributed by atoms with E-state index in [0.29, 0.717) is 26.0 Å². The highest BCUT2D eigenvalue weighted by atomic mass is 32.2. The van der Waals surface area contributed by atoms with Gasteiger partial charge in [0.2, 0.25) is 10.0 Å². The van der Waals surface area contributed by atoms with Crippen molar-refractivity contribution < 1.29 is 17.9 Å². The highest BCUT2D eigenvalue weighted by molar-refractivity contribution is 7.89. The highest BCUT2D eigenvalue weighted by Crippen LogP contribution is 2.19. The van der Waals surface area contributed by atoms with Gasteiger partial charge in [0.1, 0.15) is 6.29 Å². The average Bonchev–Trinajstić information content (AvgIpc) is 2.29. The molecule has 1 saturated heterocycles. The number of carbonyl (C=O) groups is 1. The standard InChI is InChI=1S/C10H19NO4S/c1-15-7-4-8-16(13,14)11-6-3-2-5-10(11)9-12/h9-10H,2-8H2,1H3. The summed E-state index contributed by atoms with van der Waals surface area (Å²) in [6.45, 7) is 0.900. The van der Waals surface area contributed by atoms with Crippen molar-refractivity contribution in [2.24, 2.45) is 0 Å². The van der Waals surface area contributed by atoms with Crippen LogP contribution in [-0.4, -0.2) is 51.1 Å². The molecule has 0 radical (unpaired) electrons. The van der Waals surface area contributed by atoms with Crippen LogP contribution in [0.5, 0.6) is 0 Å². The van der Waals surface area contributed by atoms with E-state index < -0.39 is 16.1 Å². The van der Waals surface area contributed by atoms with Crippen LogP contribution in [0.4, 0.5) is 0 Å². The van der Waals surface area contributed by atoms with Gasteiger partial charge in [-0.25, -0.2) is 8.42 Å². The largest absolute Gasteiger partial charge is 0.385 e. The number of aldehydes is 1. The summed E-state index contributed by atoms with van der Waals surface area (Å²) < 4.78 is 30.1. The lowest BCUT2D eigenvalue weighted by Crippen LogP contribution is -2.45. The van der Waals surface area contributed by atoms with Gasteiger partial charge in [-0.05, 0) is 19.3 Å². The molecule has 0 bridgehead atoms. The molecule has 6 heteroatoms. The van der Waals surface area contributed by atoms with Crippen LogP contribution in [0, 0.1) is 0 Å². The molecule has 1 fully saturated rings. The summed E-state index contributed by atoms with van der Waals surface area (Å²) in [5.74, 6) is 0.0607. The molecule has 1 aliphatic heterocycles. The third-order valence-corrected chi connectivity index (χ3v) is 4.74. The first kappa shape index (κ1) is 13.6. The summed E-state index contributed by atoms with van der Waals surface area (Å²) in [6, 6.07) is -0.457. The monoisotopic (exact) mass is 249 g/mol. The molecule has 5 nitrogen and oxygen atoms in total. The first-order valence-corrected chi connectivity index (χ1v) is 7.16. The van der Waals surface area contributed by atoms with Crippen molar-refractivity contribution in [1.82, 2.24) is 4.31 Å². The van der Waals surface area contributed by atoms with Gasteiger partial charge in [0.05, 0.1) is 11.8 Å². The van der Waals surface area contributed by atoms with Crippen LogP contribution < -0.4 is 0 Å². The summed E-state index contributed by atoms with van der Waals surface area (Å²) in [5, 5.41) is 0. The first-order chi connectivity index (χ1) is 7.61. The third-order valence-electron chi connectivity index (χ3n) is 2.76. The Balaban J connectivity index is 2.61. The van der Waals surface area contributed by atoms with Crippen molar-refractivity contribution in [3.63, 3.8) is 0 Å². The number of carbonyl (C=O) groups excluding carboxylic acids is 1. The molecule has 94 valence electrons. The van der Waals surface area contributed by atoms with E-state index in [9.17, 15) is 13.2 Å². The van der Waals surface area contributed by atoms with E-state index in [-0.39, 0.29) is 5.75 Å². The second-order valence-corrected chi connectivity index (χ2v) is 6.01. The lowest BCUT2D eigenvalue weighted by molar-refractivity contribution is -0.111. The number of hydrogen-bond donors (Lipinski definition) is 0. The van der Waals surface area contributed by atoms with Gasteiger partial charge in [-0.3, -0.25) is 0 Å². The Morgan fingerprint density at radius 1 is 1.44 bits per heavy atom. The van der Waals surface area contributed by atoms with Crippen LogP contribution in [0.15, 0.2) is 0 Å². The molecule has 1 aliphatic rings. The maximum absolute atomic E-state index is 11.9. The van der Waals surface area contributed by atoms with Gasteiger partial charge in [0.15, 0.2) is 0 Å². The fraction of sp³-hybridized carbons (Fsp3) is 0.900. The van der Waals surface area contributed by atoms with Crippen molar-refractivity contribution in [3.8, 4) is 0 Å². The van der Waals surface area contributed by atoms with E-state index in [1.807, 2.05) is 0 Å². The molecular formula is C10H19NO4S. The van der Waals surface area contributed by atoms with Crippen molar-refractivity contribution in [2.75, 3.05) is 26.0 Å². The summed E-state index contributed by atoms with van der Waals surface area (Å²) in [5.41, 5.74) is 0. The van der Waals surface area contributed by atoms with Crippen molar-refractivity contribution in [3.05, 3.63) is 0 Å². The fourth-order valence-electron chi connectivity index (χ4n) is 1.92. The second-order valence-electron chi connectivity index (χ2n) is 3.97. The van der Waals surface area contributed by atoms with Crippen LogP contribution in [0.2, 0.25) is 0 Å². The molecular weight excluding hydrogens is 230 g/mol. The van der Waals surface area contributed by atoms with Gasteiger partial charge < -0.3 is 9.53 Å². The normalized spacial score (nSPS) is 23.2. The highest BCUT2D eigenvalue weighted by Gasteiger charge is 2.31. The van der Waals surface area contributed by atoms with E-state index in [1.54, 1.807) is 7.11 Å². The van der Waals surface area contributed by atoms with Gasteiger partial charge in [0.25, 0.3) is 0 Å². The van der Waals surface area contributed by atoms with Crippen molar-refractivity contribution >= 4 is 16.3 Å². The minimum absolute atomic E-state index is 0.0607. The van der Waals surface area contributed by atoms with Gasteiger partial charge in [-0.1, -0.05) is 6.42 Å². The van der Waals surface area contributed by atoms with Crippen LogP contribution >= 0.6 is 0 Å². The van der Waals surface area contributed by atoms with Gasteiger partial charge >= 0.3 is 0 Å². The van der Waals surface area contributed by atoms with Crippen LogP contribution in [0.1, 0.15) is 25.7 Å². The second kappa shape index (κ2) is 6.32. The Hall–Kier alpha value is -0.460. The van der Waals surface area contributed by atoms with Crippen LogP contribution in [-0.2, 0) is 19.6 Å². The minimum atomic E-state index is -3.29. The molecule has 1 rings (SSSR count). The van der Waals surface area contributed by atoms with Crippen molar-refractivity contribution in [2.45, 2.75) is 31.7 Å². The Morgan fingerprint density at radius 3 is 2.81 bits per heavy atom. The van der Waals surface area contributed by atoms with E-state index in [2.05, 4.69) is 0 Å². The zero-order valence-corrected chi connectivity index (χ0v) is 10.4. The SMILES string of the molecule is COCCCS(=O)(=O)N1CCCCC1C=O. The first-order valence-electron chi connectivity index (χ1n) is 5.55. The average molecular weight is 249 g/mol. The quantitative estimate of drug-likeness (QED) is 0.505. The summed E-state index contributed by atoms with van der Waals surface area (Å²) >= 11 is 0. The summed E-state index contributed by atoms with van der Waals surface area (Å²) in [4.78, 5) is 10.8. The molecule has 16 heavy (non-hydrogen) atoms.